The third-order valence-electron chi connectivity index (χ3n) is 6.41. The number of hydrogen-bond donors (Lipinski definition) is 1. The van der Waals surface area contributed by atoms with E-state index in [1.54, 1.807) is 11.1 Å². The van der Waals surface area contributed by atoms with Crippen molar-refractivity contribution in [3.63, 3.8) is 0 Å². The molecule has 2 aliphatic rings. The normalized spacial score (nSPS) is 17.0. The average molecular weight is 478 g/mol. The standard InChI is InChI=1S/C24H32FN5O2.ClH/c1-16(2)30(17(3)4)23(31)19-11-18(25)5-6-20(19)32-21-12-27-15-28-22(21)29-13-24(14-29)7-9-26-10-8-24;/h5-6,11-12,15-17,26H,7-10,13-14H2,1-4H3;1H. The van der Waals surface area contributed by atoms with E-state index in [1.165, 1.54) is 24.5 Å². The number of piperidine rings is 1. The van der Waals surface area contributed by atoms with Gasteiger partial charge in [0.25, 0.3) is 5.91 Å². The van der Waals surface area contributed by atoms with Gasteiger partial charge in [-0.25, -0.2) is 14.4 Å². The topological polar surface area (TPSA) is 70.6 Å². The third kappa shape index (κ3) is 5.22. The Kier molecular flexibility index (Phi) is 7.80. The van der Waals surface area contributed by atoms with Gasteiger partial charge in [0.15, 0.2) is 11.6 Å². The fraction of sp³-hybridized carbons (Fsp3) is 0.542. The van der Waals surface area contributed by atoms with Gasteiger partial charge in [-0.1, -0.05) is 0 Å². The number of nitrogens with zero attached hydrogens (tertiary/aromatic N) is 4. The molecule has 1 spiro atoms. The highest BCUT2D eigenvalue weighted by Crippen LogP contribution is 2.43. The van der Waals surface area contributed by atoms with Crippen molar-refractivity contribution in [3.05, 3.63) is 42.1 Å². The zero-order chi connectivity index (χ0) is 22.9. The van der Waals surface area contributed by atoms with Crippen LogP contribution in [0.5, 0.6) is 11.5 Å². The number of benzene rings is 1. The SMILES string of the molecule is CC(C)N(C(=O)c1cc(F)ccc1Oc1cncnc1N1CC2(CCNCC2)C1)C(C)C.Cl. The van der Waals surface area contributed by atoms with Crippen molar-refractivity contribution >= 4 is 24.1 Å². The molecule has 2 aliphatic heterocycles. The highest BCUT2D eigenvalue weighted by molar-refractivity contribution is 5.97. The van der Waals surface area contributed by atoms with Crippen LogP contribution in [0.15, 0.2) is 30.7 Å². The molecule has 1 aromatic carbocycles. The van der Waals surface area contributed by atoms with Gasteiger partial charge in [0.2, 0.25) is 0 Å². The minimum Gasteiger partial charge on any atom is -0.451 e. The molecule has 2 aromatic rings. The van der Waals surface area contributed by atoms with Gasteiger partial charge in [0.1, 0.15) is 17.9 Å². The first-order valence-corrected chi connectivity index (χ1v) is 11.4. The summed E-state index contributed by atoms with van der Waals surface area (Å²) in [5.74, 6) is 0.735. The van der Waals surface area contributed by atoms with Crippen molar-refractivity contribution in [1.29, 1.82) is 0 Å². The Bertz CT molecular complexity index is 965. The second-order valence-corrected chi connectivity index (χ2v) is 9.46. The summed E-state index contributed by atoms with van der Waals surface area (Å²) >= 11 is 0. The van der Waals surface area contributed by atoms with Gasteiger partial charge >= 0.3 is 0 Å². The lowest BCUT2D eigenvalue weighted by Crippen LogP contribution is -2.60. The zero-order valence-electron chi connectivity index (χ0n) is 19.7. The van der Waals surface area contributed by atoms with Crippen molar-refractivity contribution in [2.24, 2.45) is 5.41 Å². The minimum absolute atomic E-state index is 0. The van der Waals surface area contributed by atoms with Crippen molar-refractivity contribution in [1.82, 2.24) is 20.2 Å². The fourth-order valence-electron chi connectivity index (χ4n) is 4.89. The fourth-order valence-corrected chi connectivity index (χ4v) is 4.89. The van der Waals surface area contributed by atoms with E-state index in [0.29, 0.717) is 22.7 Å². The summed E-state index contributed by atoms with van der Waals surface area (Å²) in [6, 6.07) is 3.99. The number of carbonyl (C=O) groups is 1. The lowest BCUT2D eigenvalue weighted by atomic mass is 9.72. The van der Waals surface area contributed by atoms with E-state index in [4.69, 9.17) is 4.74 Å². The molecule has 0 bridgehead atoms. The van der Waals surface area contributed by atoms with Crippen molar-refractivity contribution < 1.29 is 13.9 Å². The first-order valence-electron chi connectivity index (χ1n) is 11.4. The van der Waals surface area contributed by atoms with E-state index < -0.39 is 5.82 Å². The van der Waals surface area contributed by atoms with Crippen LogP contribution < -0.4 is 15.0 Å². The summed E-state index contributed by atoms with van der Waals surface area (Å²) in [4.78, 5) is 25.8. The van der Waals surface area contributed by atoms with Crippen LogP contribution in [0.3, 0.4) is 0 Å². The Morgan fingerprint density at radius 2 is 1.82 bits per heavy atom. The van der Waals surface area contributed by atoms with Crippen molar-refractivity contribution in [2.75, 3.05) is 31.1 Å². The van der Waals surface area contributed by atoms with Gasteiger partial charge in [-0.2, -0.15) is 0 Å². The predicted octanol–water partition coefficient (Wildman–Crippen LogP) is 4.28. The Labute approximate surface area is 201 Å². The van der Waals surface area contributed by atoms with Gasteiger partial charge in [-0.05, 0) is 71.8 Å². The molecule has 1 amide bonds. The van der Waals surface area contributed by atoms with Gasteiger partial charge in [0, 0.05) is 30.6 Å². The third-order valence-corrected chi connectivity index (χ3v) is 6.41. The summed E-state index contributed by atoms with van der Waals surface area (Å²) in [7, 11) is 0. The molecule has 9 heteroatoms. The van der Waals surface area contributed by atoms with E-state index in [9.17, 15) is 9.18 Å². The number of aromatic nitrogens is 2. The molecular weight excluding hydrogens is 445 g/mol. The zero-order valence-corrected chi connectivity index (χ0v) is 20.5. The molecule has 0 atom stereocenters. The second-order valence-electron chi connectivity index (χ2n) is 9.46. The van der Waals surface area contributed by atoms with Crippen LogP contribution in [0.25, 0.3) is 0 Å². The van der Waals surface area contributed by atoms with Crippen molar-refractivity contribution in [2.45, 2.75) is 52.6 Å². The van der Waals surface area contributed by atoms with Crippen LogP contribution >= 0.6 is 12.4 Å². The van der Waals surface area contributed by atoms with E-state index >= 15 is 0 Å². The number of anilines is 1. The van der Waals surface area contributed by atoms with Crippen molar-refractivity contribution in [3.8, 4) is 11.5 Å². The Hall–Kier alpha value is -2.45. The Balaban J connectivity index is 0.00000306. The monoisotopic (exact) mass is 477 g/mol. The van der Waals surface area contributed by atoms with E-state index in [2.05, 4.69) is 20.2 Å². The van der Waals surface area contributed by atoms with Gasteiger partial charge in [0.05, 0.1) is 11.8 Å². The van der Waals surface area contributed by atoms with Crippen LogP contribution in [0.4, 0.5) is 10.2 Å². The molecule has 1 N–H and O–H groups in total. The molecule has 2 fully saturated rings. The van der Waals surface area contributed by atoms with Crippen LogP contribution in [0.2, 0.25) is 0 Å². The first-order chi connectivity index (χ1) is 15.3. The summed E-state index contributed by atoms with van der Waals surface area (Å²) in [6.07, 6.45) is 5.42. The summed E-state index contributed by atoms with van der Waals surface area (Å²) < 4.78 is 20.3. The smallest absolute Gasteiger partial charge is 0.258 e. The van der Waals surface area contributed by atoms with Crippen LogP contribution in [-0.4, -0.2) is 59.0 Å². The van der Waals surface area contributed by atoms with Gasteiger partial charge in [-0.3, -0.25) is 4.79 Å². The molecule has 3 heterocycles. The Morgan fingerprint density at radius 3 is 2.45 bits per heavy atom. The average Bonchev–Trinajstić information content (AvgIpc) is 2.73. The maximum absolute atomic E-state index is 14.1. The summed E-state index contributed by atoms with van der Waals surface area (Å²) in [5.41, 5.74) is 0.528. The number of ether oxygens (including phenoxy) is 1. The van der Waals surface area contributed by atoms with E-state index in [0.717, 1.165) is 39.0 Å². The van der Waals surface area contributed by atoms with E-state index in [-0.39, 0.29) is 36.0 Å². The van der Waals surface area contributed by atoms with Crippen LogP contribution in [0.1, 0.15) is 50.9 Å². The lowest BCUT2D eigenvalue weighted by molar-refractivity contribution is 0.0640. The maximum Gasteiger partial charge on any atom is 0.258 e. The molecule has 0 radical (unpaired) electrons. The highest BCUT2D eigenvalue weighted by Gasteiger charge is 2.44. The quantitative estimate of drug-likeness (QED) is 0.669. The number of hydrogen-bond acceptors (Lipinski definition) is 6. The maximum atomic E-state index is 14.1. The summed E-state index contributed by atoms with van der Waals surface area (Å²) in [5, 5.41) is 3.42. The second kappa shape index (κ2) is 10.2. The number of halogens is 2. The molecule has 1 aromatic heterocycles. The van der Waals surface area contributed by atoms with Crippen LogP contribution in [0, 0.1) is 11.2 Å². The highest BCUT2D eigenvalue weighted by atomic mass is 35.5. The molecule has 7 nitrogen and oxygen atoms in total. The number of amides is 1. The van der Waals surface area contributed by atoms with Gasteiger partial charge in [-0.15, -0.1) is 12.4 Å². The number of rotatable bonds is 6. The molecule has 4 rings (SSSR count). The molecule has 0 saturated carbocycles. The van der Waals surface area contributed by atoms with E-state index in [1.807, 2.05) is 27.7 Å². The first kappa shape index (κ1) is 25.2. The minimum atomic E-state index is -0.478. The molecule has 180 valence electrons. The van der Waals surface area contributed by atoms with Gasteiger partial charge < -0.3 is 19.9 Å². The number of nitrogens with one attached hydrogen (secondary N) is 1. The molecule has 0 aliphatic carbocycles. The molecule has 0 unspecified atom stereocenters. The van der Waals surface area contributed by atoms with Crippen LogP contribution in [-0.2, 0) is 0 Å². The Morgan fingerprint density at radius 1 is 1.15 bits per heavy atom. The summed E-state index contributed by atoms with van der Waals surface area (Å²) in [6.45, 7) is 11.7. The number of carbonyl (C=O) groups excluding carboxylic acids is 1. The molecular formula is C24H33ClFN5O2. The largest absolute Gasteiger partial charge is 0.451 e. The molecule has 33 heavy (non-hydrogen) atoms. The lowest BCUT2D eigenvalue weighted by Gasteiger charge is -2.53. The molecule has 2 saturated heterocycles. The predicted molar refractivity (Wildman–Crippen MR) is 129 cm³/mol.